The normalized spacial score (nSPS) is 11.6. The summed E-state index contributed by atoms with van der Waals surface area (Å²) in [5.41, 5.74) is 3.99. The number of methoxy groups -OCH3 is 1. The Hall–Kier alpha value is -4.39. The van der Waals surface area contributed by atoms with Crippen molar-refractivity contribution < 1.29 is 9.47 Å². The van der Waals surface area contributed by atoms with Crippen LogP contribution in [0.25, 0.3) is 28.1 Å². The SMILES string of the molecule is COc1ccc(-c2nc3c(cnn3-c3ccccc3)c(=O)[nH]2)cc1COc1ccc(C(C)(C)C)cc1. The third-order valence-corrected chi connectivity index (χ3v) is 6.11. The highest BCUT2D eigenvalue weighted by Crippen LogP contribution is 2.28. The number of aromatic amines is 1. The Bertz CT molecular complexity index is 1560. The zero-order valence-electron chi connectivity index (χ0n) is 20.8. The molecule has 2 heterocycles. The van der Waals surface area contributed by atoms with Crippen LogP contribution >= 0.6 is 0 Å². The van der Waals surface area contributed by atoms with Crippen molar-refractivity contribution in [1.29, 1.82) is 0 Å². The molecule has 182 valence electrons. The highest BCUT2D eigenvalue weighted by molar-refractivity contribution is 5.77. The molecule has 0 spiro atoms. The van der Waals surface area contributed by atoms with Crippen LogP contribution in [0.2, 0.25) is 0 Å². The Labute approximate surface area is 209 Å². The smallest absolute Gasteiger partial charge is 0.262 e. The molecule has 0 aliphatic heterocycles. The van der Waals surface area contributed by atoms with Gasteiger partial charge in [0.15, 0.2) is 5.65 Å². The molecule has 0 unspecified atom stereocenters. The monoisotopic (exact) mass is 480 g/mol. The largest absolute Gasteiger partial charge is 0.496 e. The molecule has 0 bridgehead atoms. The summed E-state index contributed by atoms with van der Waals surface area (Å²) in [6.45, 7) is 6.85. The van der Waals surface area contributed by atoms with Gasteiger partial charge < -0.3 is 14.5 Å². The van der Waals surface area contributed by atoms with Crippen LogP contribution in [0.3, 0.4) is 0 Å². The molecule has 0 radical (unpaired) electrons. The zero-order valence-corrected chi connectivity index (χ0v) is 20.8. The van der Waals surface area contributed by atoms with E-state index in [1.54, 1.807) is 11.8 Å². The van der Waals surface area contributed by atoms with Crippen molar-refractivity contribution in [1.82, 2.24) is 19.7 Å². The Balaban J connectivity index is 1.47. The van der Waals surface area contributed by atoms with Crippen LogP contribution in [-0.4, -0.2) is 26.9 Å². The van der Waals surface area contributed by atoms with E-state index >= 15 is 0 Å². The number of nitrogens with one attached hydrogen (secondary N) is 1. The van der Waals surface area contributed by atoms with Crippen LogP contribution in [0.4, 0.5) is 0 Å². The first-order valence-electron chi connectivity index (χ1n) is 11.8. The minimum absolute atomic E-state index is 0.0803. The molecule has 0 fully saturated rings. The van der Waals surface area contributed by atoms with Gasteiger partial charge in [0.05, 0.1) is 19.0 Å². The first-order valence-corrected chi connectivity index (χ1v) is 11.8. The molecule has 5 rings (SSSR count). The van der Waals surface area contributed by atoms with E-state index < -0.39 is 0 Å². The van der Waals surface area contributed by atoms with Gasteiger partial charge in [-0.25, -0.2) is 9.67 Å². The fourth-order valence-electron chi connectivity index (χ4n) is 4.06. The van der Waals surface area contributed by atoms with Gasteiger partial charge in [-0.3, -0.25) is 4.79 Å². The van der Waals surface area contributed by atoms with Crippen LogP contribution in [0.15, 0.2) is 83.8 Å². The van der Waals surface area contributed by atoms with Crippen molar-refractivity contribution in [3.8, 4) is 28.6 Å². The molecule has 7 heteroatoms. The van der Waals surface area contributed by atoms with Gasteiger partial charge >= 0.3 is 0 Å². The lowest BCUT2D eigenvalue weighted by molar-refractivity contribution is 0.296. The fraction of sp³-hybridized carbons (Fsp3) is 0.207. The molecule has 1 N–H and O–H groups in total. The van der Waals surface area contributed by atoms with Gasteiger partial charge in [0.25, 0.3) is 5.56 Å². The molecule has 0 atom stereocenters. The molecule has 3 aromatic carbocycles. The number of H-pyrrole nitrogens is 1. The molecule has 0 aliphatic rings. The molecule has 0 amide bonds. The van der Waals surface area contributed by atoms with Crippen LogP contribution in [0.1, 0.15) is 31.9 Å². The quantitative estimate of drug-likeness (QED) is 0.339. The van der Waals surface area contributed by atoms with Gasteiger partial charge in [-0.1, -0.05) is 51.1 Å². The number of ether oxygens (including phenoxy) is 2. The van der Waals surface area contributed by atoms with E-state index in [9.17, 15) is 4.79 Å². The first-order chi connectivity index (χ1) is 17.3. The topological polar surface area (TPSA) is 82.0 Å². The van der Waals surface area contributed by atoms with Crippen molar-refractivity contribution in [2.24, 2.45) is 0 Å². The Kier molecular flexibility index (Phi) is 6.06. The summed E-state index contributed by atoms with van der Waals surface area (Å²) in [5.74, 6) is 1.92. The minimum Gasteiger partial charge on any atom is -0.496 e. The third-order valence-electron chi connectivity index (χ3n) is 6.11. The summed E-state index contributed by atoms with van der Waals surface area (Å²) in [4.78, 5) is 20.5. The second-order valence-corrected chi connectivity index (χ2v) is 9.63. The van der Waals surface area contributed by atoms with Crippen LogP contribution in [0.5, 0.6) is 11.5 Å². The predicted molar refractivity (Wildman–Crippen MR) is 141 cm³/mol. The number of benzene rings is 3. The summed E-state index contributed by atoms with van der Waals surface area (Å²) in [5, 5.41) is 4.81. The fourth-order valence-corrected chi connectivity index (χ4v) is 4.06. The summed E-state index contributed by atoms with van der Waals surface area (Å²) >= 11 is 0. The summed E-state index contributed by atoms with van der Waals surface area (Å²) in [6, 6.07) is 23.4. The maximum Gasteiger partial charge on any atom is 0.262 e. The number of fused-ring (bicyclic) bond motifs is 1. The van der Waals surface area contributed by atoms with E-state index in [0.29, 0.717) is 29.2 Å². The van der Waals surface area contributed by atoms with Crippen LogP contribution < -0.4 is 15.0 Å². The molecule has 5 aromatic rings. The standard InChI is InChI=1S/C29H28N4O3/c1-29(2,3)21-11-13-23(14-12-21)36-18-20-16-19(10-15-25(20)35-4)26-31-27-24(28(34)32-26)17-30-33(27)22-8-6-5-7-9-22/h5-17H,18H2,1-4H3,(H,31,32,34). The zero-order chi connectivity index (χ0) is 25.3. The van der Waals surface area contributed by atoms with E-state index in [2.05, 4.69) is 43.0 Å². The molecule has 0 saturated carbocycles. The molecular weight excluding hydrogens is 452 g/mol. The average Bonchev–Trinajstić information content (AvgIpc) is 3.32. The lowest BCUT2D eigenvalue weighted by atomic mass is 9.87. The second-order valence-electron chi connectivity index (χ2n) is 9.63. The summed E-state index contributed by atoms with van der Waals surface area (Å²) in [6.07, 6.45) is 1.54. The number of aromatic nitrogens is 4. The minimum atomic E-state index is -0.246. The maximum absolute atomic E-state index is 12.8. The Morgan fingerprint density at radius 1 is 0.972 bits per heavy atom. The lowest BCUT2D eigenvalue weighted by Gasteiger charge is -2.19. The molecule has 0 aliphatic carbocycles. The number of para-hydroxylation sites is 1. The van der Waals surface area contributed by atoms with E-state index in [1.165, 1.54) is 11.8 Å². The first kappa shape index (κ1) is 23.4. The van der Waals surface area contributed by atoms with E-state index in [1.807, 2.05) is 60.7 Å². The summed E-state index contributed by atoms with van der Waals surface area (Å²) in [7, 11) is 1.63. The molecule has 0 saturated heterocycles. The van der Waals surface area contributed by atoms with Crippen molar-refractivity contribution >= 4 is 11.0 Å². The van der Waals surface area contributed by atoms with Crippen molar-refractivity contribution in [3.63, 3.8) is 0 Å². The van der Waals surface area contributed by atoms with Gasteiger partial charge in [-0.15, -0.1) is 0 Å². The van der Waals surface area contributed by atoms with E-state index in [4.69, 9.17) is 14.5 Å². The van der Waals surface area contributed by atoms with Gasteiger partial charge in [0.2, 0.25) is 0 Å². The second kappa shape index (κ2) is 9.34. The number of hydrogen-bond acceptors (Lipinski definition) is 5. The third kappa shape index (κ3) is 4.60. The molecular formula is C29H28N4O3. The van der Waals surface area contributed by atoms with Gasteiger partial charge in [-0.2, -0.15) is 5.10 Å². The average molecular weight is 481 g/mol. The lowest BCUT2D eigenvalue weighted by Crippen LogP contribution is -2.11. The molecule has 36 heavy (non-hydrogen) atoms. The van der Waals surface area contributed by atoms with E-state index in [0.717, 1.165) is 22.6 Å². The van der Waals surface area contributed by atoms with E-state index in [-0.39, 0.29) is 11.0 Å². The summed E-state index contributed by atoms with van der Waals surface area (Å²) < 4.78 is 13.3. The Morgan fingerprint density at radius 2 is 1.72 bits per heavy atom. The van der Waals surface area contributed by atoms with Gasteiger partial charge in [-0.05, 0) is 53.4 Å². The van der Waals surface area contributed by atoms with Crippen LogP contribution in [0, 0.1) is 0 Å². The maximum atomic E-state index is 12.8. The van der Waals surface area contributed by atoms with Crippen molar-refractivity contribution in [3.05, 3.63) is 100 Å². The Morgan fingerprint density at radius 3 is 2.42 bits per heavy atom. The number of rotatable bonds is 6. The highest BCUT2D eigenvalue weighted by atomic mass is 16.5. The molecule has 2 aromatic heterocycles. The van der Waals surface area contributed by atoms with Crippen LogP contribution in [-0.2, 0) is 12.0 Å². The van der Waals surface area contributed by atoms with Gasteiger partial charge in [0, 0.05) is 11.1 Å². The predicted octanol–water partition coefficient (Wildman–Crippen LogP) is 5.66. The highest BCUT2D eigenvalue weighted by Gasteiger charge is 2.15. The van der Waals surface area contributed by atoms with Crippen molar-refractivity contribution in [2.45, 2.75) is 32.8 Å². The molecule has 7 nitrogen and oxygen atoms in total. The number of nitrogens with zero attached hydrogens (tertiary/aromatic N) is 3. The number of hydrogen-bond donors (Lipinski definition) is 1. The van der Waals surface area contributed by atoms with Gasteiger partial charge in [0.1, 0.15) is 29.3 Å². The van der Waals surface area contributed by atoms with Crippen molar-refractivity contribution in [2.75, 3.05) is 7.11 Å².